The third-order valence-corrected chi connectivity index (χ3v) is 4.06. The number of carbonyl (C=O) groups excluding carboxylic acids is 1. The summed E-state index contributed by atoms with van der Waals surface area (Å²) in [5.41, 5.74) is 0.902. The number of anilines is 2. The lowest BCUT2D eigenvalue weighted by molar-refractivity contribution is 0.102. The van der Waals surface area contributed by atoms with Crippen LogP contribution in [0, 0.1) is 0 Å². The van der Waals surface area contributed by atoms with Crippen molar-refractivity contribution in [3.8, 4) is 0 Å². The van der Waals surface area contributed by atoms with Crippen molar-refractivity contribution in [2.75, 3.05) is 10.6 Å². The minimum Gasteiger partial charge on any atom is -0.467 e. The van der Waals surface area contributed by atoms with Crippen LogP contribution in [0.25, 0.3) is 0 Å². The first-order chi connectivity index (χ1) is 11.6. The standard InChI is InChI=1S/C17H13Cl2N3O2/c18-13-4-1-5-14(16(13)19)22-17(23)11-6-7-20-15(9-11)21-10-12-3-2-8-24-12/h1-9H,10H2,(H,20,21)(H,22,23). The molecule has 2 heterocycles. The first kappa shape index (κ1) is 16.4. The van der Waals surface area contributed by atoms with Gasteiger partial charge in [-0.05, 0) is 36.4 Å². The molecular weight excluding hydrogens is 349 g/mol. The monoisotopic (exact) mass is 361 g/mol. The minimum atomic E-state index is -0.303. The number of amides is 1. The Morgan fingerprint density at radius 3 is 2.83 bits per heavy atom. The van der Waals surface area contributed by atoms with Crippen LogP contribution in [-0.2, 0) is 6.54 Å². The van der Waals surface area contributed by atoms with Gasteiger partial charge in [-0.25, -0.2) is 4.98 Å². The topological polar surface area (TPSA) is 67.2 Å². The Morgan fingerprint density at radius 2 is 2.04 bits per heavy atom. The zero-order valence-electron chi connectivity index (χ0n) is 12.4. The number of pyridine rings is 1. The van der Waals surface area contributed by atoms with Crippen LogP contribution in [0.3, 0.4) is 0 Å². The normalized spacial score (nSPS) is 10.4. The van der Waals surface area contributed by atoms with Gasteiger partial charge in [0.25, 0.3) is 5.91 Å². The summed E-state index contributed by atoms with van der Waals surface area (Å²) >= 11 is 12.0. The number of benzene rings is 1. The molecule has 24 heavy (non-hydrogen) atoms. The Labute approximate surface area is 148 Å². The van der Waals surface area contributed by atoms with Gasteiger partial charge in [0.2, 0.25) is 0 Å². The molecule has 3 rings (SSSR count). The number of furan rings is 1. The molecule has 3 aromatic rings. The van der Waals surface area contributed by atoms with Gasteiger partial charge in [0.1, 0.15) is 11.6 Å². The smallest absolute Gasteiger partial charge is 0.255 e. The number of nitrogens with zero attached hydrogens (tertiary/aromatic N) is 1. The summed E-state index contributed by atoms with van der Waals surface area (Å²) in [6.07, 6.45) is 3.15. The fourth-order valence-electron chi connectivity index (χ4n) is 2.05. The minimum absolute atomic E-state index is 0.303. The molecule has 0 fully saturated rings. The third kappa shape index (κ3) is 3.88. The van der Waals surface area contributed by atoms with Gasteiger partial charge in [-0.3, -0.25) is 4.79 Å². The number of hydrogen-bond donors (Lipinski definition) is 2. The summed E-state index contributed by atoms with van der Waals surface area (Å²) in [5.74, 6) is 1.04. The van der Waals surface area contributed by atoms with Crippen molar-refractivity contribution in [2.45, 2.75) is 6.54 Å². The zero-order valence-corrected chi connectivity index (χ0v) is 13.9. The summed E-state index contributed by atoms with van der Waals surface area (Å²) < 4.78 is 5.24. The summed E-state index contributed by atoms with van der Waals surface area (Å²) in [5, 5.41) is 6.51. The molecular formula is C17H13Cl2N3O2. The average molecular weight is 362 g/mol. The molecule has 122 valence electrons. The molecule has 0 saturated heterocycles. The summed E-state index contributed by atoms with van der Waals surface area (Å²) in [6, 6.07) is 12.0. The highest BCUT2D eigenvalue weighted by Gasteiger charge is 2.11. The molecule has 2 aromatic heterocycles. The van der Waals surface area contributed by atoms with Crippen LogP contribution >= 0.6 is 23.2 Å². The molecule has 0 aliphatic heterocycles. The summed E-state index contributed by atoms with van der Waals surface area (Å²) in [6.45, 7) is 0.477. The fourth-order valence-corrected chi connectivity index (χ4v) is 2.40. The summed E-state index contributed by atoms with van der Waals surface area (Å²) in [7, 11) is 0. The number of aromatic nitrogens is 1. The number of carbonyl (C=O) groups is 1. The van der Waals surface area contributed by atoms with Crippen LogP contribution in [0.15, 0.2) is 59.3 Å². The van der Waals surface area contributed by atoms with E-state index in [9.17, 15) is 4.79 Å². The quantitative estimate of drug-likeness (QED) is 0.681. The SMILES string of the molecule is O=C(Nc1cccc(Cl)c1Cl)c1ccnc(NCc2ccco2)c1. The molecule has 0 saturated carbocycles. The first-order valence-corrected chi connectivity index (χ1v) is 7.87. The predicted molar refractivity (Wildman–Crippen MR) is 94.7 cm³/mol. The maximum Gasteiger partial charge on any atom is 0.255 e. The van der Waals surface area contributed by atoms with Crippen LogP contribution < -0.4 is 10.6 Å². The van der Waals surface area contributed by atoms with Crippen molar-refractivity contribution in [2.24, 2.45) is 0 Å². The van der Waals surface area contributed by atoms with Crippen molar-refractivity contribution in [3.63, 3.8) is 0 Å². The predicted octanol–water partition coefficient (Wildman–Crippen LogP) is 4.85. The van der Waals surface area contributed by atoms with Crippen LogP contribution in [0.1, 0.15) is 16.1 Å². The van der Waals surface area contributed by atoms with Crippen molar-refractivity contribution in [3.05, 3.63) is 76.3 Å². The van der Waals surface area contributed by atoms with E-state index in [-0.39, 0.29) is 5.91 Å². The number of hydrogen-bond acceptors (Lipinski definition) is 4. The van der Waals surface area contributed by atoms with Gasteiger partial charge in [-0.1, -0.05) is 29.3 Å². The maximum atomic E-state index is 12.4. The van der Waals surface area contributed by atoms with Crippen LogP contribution in [0.2, 0.25) is 10.0 Å². The molecule has 2 N–H and O–H groups in total. The molecule has 1 aromatic carbocycles. The lowest BCUT2D eigenvalue weighted by Crippen LogP contribution is -2.13. The van der Waals surface area contributed by atoms with E-state index in [4.69, 9.17) is 27.6 Å². The average Bonchev–Trinajstić information content (AvgIpc) is 3.11. The first-order valence-electron chi connectivity index (χ1n) is 7.11. The Kier molecular flexibility index (Phi) is 5.03. The van der Waals surface area contributed by atoms with Crippen molar-refractivity contribution in [1.29, 1.82) is 0 Å². The second-order valence-corrected chi connectivity index (χ2v) is 5.70. The highest BCUT2D eigenvalue weighted by molar-refractivity contribution is 6.44. The molecule has 0 radical (unpaired) electrons. The number of rotatable bonds is 5. The van der Waals surface area contributed by atoms with E-state index in [0.717, 1.165) is 5.76 Å². The molecule has 0 unspecified atom stereocenters. The Balaban J connectivity index is 1.71. The van der Waals surface area contributed by atoms with Crippen molar-refractivity contribution in [1.82, 2.24) is 4.98 Å². The highest BCUT2D eigenvalue weighted by atomic mass is 35.5. The molecule has 0 atom stereocenters. The van der Waals surface area contributed by atoms with Crippen molar-refractivity contribution >= 4 is 40.6 Å². The lowest BCUT2D eigenvalue weighted by atomic mass is 10.2. The van der Waals surface area contributed by atoms with Gasteiger partial charge in [-0.15, -0.1) is 0 Å². The van der Waals surface area contributed by atoms with Gasteiger partial charge in [0.15, 0.2) is 0 Å². The third-order valence-electron chi connectivity index (χ3n) is 3.25. The highest BCUT2D eigenvalue weighted by Crippen LogP contribution is 2.29. The Hall–Kier alpha value is -2.50. The van der Waals surface area contributed by atoms with E-state index in [1.54, 1.807) is 42.8 Å². The zero-order chi connectivity index (χ0) is 16.9. The van der Waals surface area contributed by atoms with Crippen molar-refractivity contribution < 1.29 is 9.21 Å². The van der Waals surface area contributed by atoms with E-state index >= 15 is 0 Å². The molecule has 0 aliphatic rings. The molecule has 7 heteroatoms. The van der Waals surface area contributed by atoms with Crippen LogP contribution in [0.5, 0.6) is 0 Å². The van der Waals surface area contributed by atoms with E-state index in [1.165, 1.54) is 0 Å². The van der Waals surface area contributed by atoms with Gasteiger partial charge in [0, 0.05) is 11.8 Å². The number of nitrogens with one attached hydrogen (secondary N) is 2. The summed E-state index contributed by atoms with van der Waals surface area (Å²) in [4.78, 5) is 16.6. The van der Waals surface area contributed by atoms with E-state index < -0.39 is 0 Å². The van der Waals surface area contributed by atoms with Gasteiger partial charge in [-0.2, -0.15) is 0 Å². The van der Waals surface area contributed by atoms with Gasteiger partial charge >= 0.3 is 0 Å². The van der Waals surface area contributed by atoms with E-state index in [1.807, 2.05) is 12.1 Å². The number of halogens is 2. The molecule has 0 spiro atoms. The molecule has 0 bridgehead atoms. The molecule has 5 nitrogen and oxygen atoms in total. The van der Waals surface area contributed by atoms with E-state index in [0.29, 0.717) is 33.7 Å². The second-order valence-electron chi connectivity index (χ2n) is 4.92. The molecule has 1 amide bonds. The lowest BCUT2D eigenvalue weighted by Gasteiger charge is -2.09. The Bertz CT molecular complexity index is 851. The second kappa shape index (κ2) is 7.38. The fraction of sp³-hybridized carbons (Fsp3) is 0.0588. The molecule has 0 aliphatic carbocycles. The van der Waals surface area contributed by atoms with Crippen LogP contribution in [0.4, 0.5) is 11.5 Å². The Morgan fingerprint density at radius 1 is 1.17 bits per heavy atom. The van der Waals surface area contributed by atoms with Gasteiger partial charge in [0.05, 0.1) is 28.5 Å². The van der Waals surface area contributed by atoms with Gasteiger partial charge < -0.3 is 15.1 Å². The maximum absolute atomic E-state index is 12.4. The van der Waals surface area contributed by atoms with Crippen LogP contribution in [-0.4, -0.2) is 10.9 Å². The largest absolute Gasteiger partial charge is 0.467 e. The van der Waals surface area contributed by atoms with E-state index in [2.05, 4.69) is 15.6 Å².